The summed E-state index contributed by atoms with van der Waals surface area (Å²) in [4.78, 5) is 19.3. The smallest absolute Gasteiger partial charge is 0.258 e. The van der Waals surface area contributed by atoms with Crippen molar-refractivity contribution in [1.82, 2.24) is 15.5 Å². The Balaban J connectivity index is 1.33. The average molecular weight is 423 g/mol. The van der Waals surface area contributed by atoms with Gasteiger partial charge in [-0.25, -0.2) is 9.38 Å². The quantitative estimate of drug-likeness (QED) is 0.695. The summed E-state index contributed by atoms with van der Waals surface area (Å²) in [6.07, 6.45) is 7.79. The van der Waals surface area contributed by atoms with E-state index in [1.54, 1.807) is 4.90 Å². The van der Waals surface area contributed by atoms with Crippen molar-refractivity contribution in [2.24, 2.45) is 10.9 Å². The molecular weight excluding hydrogens is 397 g/mol. The highest BCUT2D eigenvalue weighted by Crippen LogP contribution is 2.36. The second-order valence-corrected chi connectivity index (χ2v) is 8.50. The number of nitrogens with one attached hydrogen (secondary N) is 3. The van der Waals surface area contributed by atoms with Gasteiger partial charge in [-0.15, -0.1) is 0 Å². The molecule has 2 saturated heterocycles. The van der Waals surface area contributed by atoms with Gasteiger partial charge in [0.25, 0.3) is 5.91 Å². The first-order valence-electron chi connectivity index (χ1n) is 10.9. The molecule has 0 bridgehead atoms. The zero-order chi connectivity index (χ0) is 21.4. The fourth-order valence-corrected chi connectivity index (χ4v) is 4.19. The van der Waals surface area contributed by atoms with E-state index in [-0.39, 0.29) is 30.9 Å². The van der Waals surface area contributed by atoms with E-state index in [9.17, 15) is 9.18 Å². The molecule has 1 saturated carbocycles. The van der Waals surface area contributed by atoms with Crippen molar-refractivity contribution in [2.45, 2.75) is 31.8 Å². The normalized spacial score (nSPS) is 24.2. The summed E-state index contributed by atoms with van der Waals surface area (Å²) in [7, 11) is 0. The van der Waals surface area contributed by atoms with Gasteiger partial charge in [0.2, 0.25) is 0 Å². The van der Waals surface area contributed by atoms with E-state index in [4.69, 9.17) is 10.1 Å². The van der Waals surface area contributed by atoms with E-state index in [2.05, 4.69) is 15.6 Å². The van der Waals surface area contributed by atoms with Crippen molar-refractivity contribution < 1.29 is 13.9 Å². The summed E-state index contributed by atoms with van der Waals surface area (Å²) in [5.74, 6) is 0.792. The van der Waals surface area contributed by atoms with Crippen LogP contribution in [0.4, 0.5) is 4.39 Å². The number of aliphatic imine (C=N–C) groups is 1. The van der Waals surface area contributed by atoms with Crippen LogP contribution >= 0.6 is 0 Å². The van der Waals surface area contributed by atoms with Gasteiger partial charge in [-0.1, -0.05) is 0 Å². The first kappa shape index (κ1) is 19.9. The number of amides is 1. The van der Waals surface area contributed by atoms with E-state index in [0.717, 1.165) is 25.9 Å². The number of benzene rings is 1. The number of piperidine rings is 1. The van der Waals surface area contributed by atoms with Crippen molar-refractivity contribution in [1.29, 1.82) is 5.41 Å². The Kier molecular flexibility index (Phi) is 5.31. The predicted molar refractivity (Wildman–Crippen MR) is 116 cm³/mol. The van der Waals surface area contributed by atoms with E-state index in [0.29, 0.717) is 28.6 Å². The van der Waals surface area contributed by atoms with Gasteiger partial charge in [-0.2, -0.15) is 0 Å². The third kappa shape index (κ3) is 4.25. The molecule has 0 aromatic heterocycles. The van der Waals surface area contributed by atoms with Gasteiger partial charge in [-0.3, -0.25) is 4.79 Å². The van der Waals surface area contributed by atoms with Crippen LogP contribution in [0.15, 0.2) is 46.4 Å². The van der Waals surface area contributed by atoms with Crippen LogP contribution in [0.2, 0.25) is 0 Å². The summed E-state index contributed by atoms with van der Waals surface area (Å²) in [6, 6.07) is 4.04. The van der Waals surface area contributed by atoms with Crippen molar-refractivity contribution >= 4 is 17.8 Å². The fourth-order valence-electron chi connectivity index (χ4n) is 4.19. The van der Waals surface area contributed by atoms with Gasteiger partial charge in [0, 0.05) is 24.1 Å². The maximum atomic E-state index is 13.9. The molecule has 162 valence electrons. The highest BCUT2D eigenvalue weighted by Gasteiger charge is 2.32. The zero-order valence-corrected chi connectivity index (χ0v) is 17.3. The highest BCUT2D eigenvalue weighted by molar-refractivity contribution is 6.08. The predicted octanol–water partition coefficient (Wildman–Crippen LogP) is 2.61. The van der Waals surface area contributed by atoms with Crippen LogP contribution in [0.3, 0.4) is 0 Å². The lowest BCUT2D eigenvalue weighted by Gasteiger charge is -2.25. The molecule has 4 aliphatic rings. The molecule has 1 aromatic rings. The molecule has 31 heavy (non-hydrogen) atoms. The Bertz CT molecular complexity index is 1010. The molecule has 0 radical (unpaired) electrons. The number of rotatable bonds is 4. The number of hydrogen-bond acceptors (Lipinski definition) is 6. The molecule has 7 nitrogen and oxygen atoms in total. The van der Waals surface area contributed by atoms with Gasteiger partial charge >= 0.3 is 0 Å². The molecule has 3 heterocycles. The van der Waals surface area contributed by atoms with Crippen LogP contribution in [0.5, 0.6) is 5.75 Å². The highest BCUT2D eigenvalue weighted by atomic mass is 19.1. The van der Waals surface area contributed by atoms with Gasteiger partial charge < -0.3 is 25.7 Å². The van der Waals surface area contributed by atoms with E-state index in [1.165, 1.54) is 36.6 Å². The third-order valence-electron chi connectivity index (χ3n) is 6.16. The minimum Gasteiger partial charge on any atom is -0.489 e. The number of likely N-dealkylation sites (tertiary alicyclic amines) is 1. The number of ether oxygens (including phenoxy) is 1. The van der Waals surface area contributed by atoms with Crippen LogP contribution in [0, 0.1) is 17.1 Å². The summed E-state index contributed by atoms with van der Waals surface area (Å²) in [6.45, 7) is 2.16. The average Bonchev–Trinajstić information content (AvgIpc) is 3.56. The monoisotopic (exact) mass is 423 g/mol. The molecule has 1 aliphatic carbocycles. The molecule has 5 rings (SSSR count). The summed E-state index contributed by atoms with van der Waals surface area (Å²) >= 11 is 0. The van der Waals surface area contributed by atoms with Gasteiger partial charge in [0.15, 0.2) is 0 Å². The Morgan fingerprint density at radius 2 is 2.00 bits per heavy atom. The lowest BCUT2D eigenvalue weighted by atomic mass is 10.1. The standard InChI is InChI=1S/C23H26FN5O2/c24-16-3-4-18(21(9-16)31-17-5-7-26-8-6-17)23(30)29-12-19(20(25)13-29)22-27-10-15(11-28-22)14-1-2-14/h3-4,9-11,14,17,25-27H,1-2,5-8,12-13H2/b22-19+,25-20?. The summed E-state index contributed by atoms with van der Waals surface area (Å²) in [5.41, 5.74) is 2.58. The minimum atomic E-state index is -0.434. The molecule has 3 aliphatic heterocycles. The first-order valence-corrected chi connectivity index (χ1v) is 10.9. The largest absolute Gasteiger partial charge is 0.489 e. The van der Waals surface area contributed by atoms with Crippen molar-refractivity contribution in [3.05, 3.63) is 52.7 Å². The molecule has 3 fully saturated rings. The van der Waals surface area contributed by atoms with Crippen LogP contribution in [0.25, 0.3) is 0 Å². The van der Waals surface area contributed by atoms with Crippen LogP contribution in [0.1, 0.15) is 36.0 Å². The zero-order valence-electron chi connectivity index (χ0n) is 17.3. The van der Waals surface area contributed by atoms with E-state index in [1.807, 2.05) is 12.4 Å². The Morgan fingerprint density at radius 1 is 1.19 bits per heavy atom. The number of hydrogen-bond donors (Lipinski definition) is 3. The number of nitrogens with zero attached hydrogens (tertiary/aromatic N) is 2. The maximum absolute atomic E-state index is 13.9. The van der Waals surface area contributed by atoms with Crippen molar-refractivity contribution in [2.75, 3.05) is 26.2 Å². The lowest BCUT2D eigenvalue weighted by molar-refractivity contribution is 0.0793. The number of carbonyl (C=O) groups excluding carboxylic acids is 1. The molecule has 0 spiro atoms. The van der Waals surface area contributed by atoms with E-state index >= 15 is 0 Å². The Hall–Kier alpha value is -3.00. The summed E-state index contributed by atoms with van der Waals surface area (Å²) in [5, 5.41) is 14.8. The SMILES string of the molecule is N=C1CN(C(=O)c2ccc(F)cc2OC2CCNCC2)C/C1=C1\N=CC(C2CC2)=CN1. The molecular formula is C23H26FN5O2. The van der Waals surface area contributed by atoms with Gasteiger partial charge in [0.1, 0.15) is 23.5 Å². The van der Waals surface area contributed by atoms with Gasteiger partial charge in [0.05, 0.1) is 24.4 Å². The lowest BCUT2D eigenvalue weighted by Crippen LogP contribution is -2.35. The number of carbonyl (C=O) groups is 1. The Labute approximate surface area is 180 Å². The maximum Gasteiger partial charge on any atom is 0.258 e. The van der Waals surface area contributed by atoms with Crippen LogP contribution in [-0.2, 0) is 0 Å². The number of allylic oxidation sites excluding steroid dienone is 1. The van der Waals surface area contributed by atoms with Crippen LogP contribution in [-0.4, -0.2) is 55.0 Å². The van der Waals surface area contributed by atoms with Gasteiger partial charge in [-0.05, 0) is 62.4 Å². The molecule has 1 amide bonds. The third-order valence-corrected chi connectivity index (χ3v) is 6.16. The molecule has 3 N–H and O–H groups in total. The fraction of sp³-hybridized carbons (Fsp3) is 0.435. The topological polar surface area (TPSA) is 89.8 Å². The first-order chi connectivity index (χ1) is 15.1. The Morgan fingerprint density at radius 3 is 2.71 bits per heavy atom. The van der Waals surface area contributed by atoms with Crippen LogP contribution < -0.4 is 15.4 Å². The molecule has 0 unspecified atom stereocenters. The molecule has 0 atom stereocenters. The van der Waals surface area contributed by atoms with Crippen molar-refractivity contribution in [3.8, 4) is 5.75 Å². The van der Waals surface area contributed by atoms with E-state index < -0.39 is 5.82 Å². The second kappa shape index (κ2) is 8.26. The molecule has 8 heteroatoms. The van der Waals surface area contributed by atoms with Crippen molar-refractivity contribution in [3.63, 3.8) is 0 Å². The number of halogens is 1. The minimum absolute atomic E-state index is 0.0441. The molecule has 1 aromatic carbocycles. The second-order valence-electron chi connectivity index (χ2n) is 8.50. The summed E-state index contributed by atoms with van der Waals surface area (Å²) < 4.78 is 19.9.